The summed E-state index contributed by atoms with van der Waals surface area (Å²) in [6.07, 6.45) is -0.138. The maximum atomic E-state index is 13.0. The van der Waals surface area contributed by atoms with E-state index >= 15 is 0 Å². The van der Waals surface area contributed by atoms with E-state index in [9.17, 15) is 14.0 Å². The van der Waals surface area contributed by atoms with E-state index in [1.165, 1.54) is 0 Å². The van der Waals surface area contributed by atoms with Gasteiger partial charge in [-0.15, -0.1) is 0 Å². The number of carbonyl (C=O) groups excluding carboxylic acids is 2. The monoisotopic (exact) mass is 146 g/mol. The van der Waals surface area contributed by atoms with E-state index in [0.717, 1.165) is 6.92 Å². The molecule has 0 aromatic heterocycles. The van der Waals surface area contributed by atoms with Gasteiger partial charge in [0, 0.05) is 6.42 Å². The van der Waals surface area contributed by atoms with Crippen molar-refractivity contribution in [1.82, 2.24) is 0 Å². The topological polar surface area (TPSA) is 43.4 Å². The van der Waals surface area contributed by atoms with Crippen LogP contribution in [0.3, 0.4) is 0 Å². The van der Waals surface area contributed by atoms with E-state index in [1.54, 1.807) is 0 Å². The van der Waals surface area contributed by atoms with E-state index in [-0.39, 0.29) is 13.0 Å². The Balaban J connectivity index is 2.86. The highest BCUT2D eigenvalue weighted by atomic mass is 19.1. The number of halogens is 1. The third kappa shape index (κ3) is 0.798. The second-order valence-electron chi connectivity index (χ2n) is 2.24. The van der Waals surface area contributed by atoms with E-state index < -0.39 is 17.4 Å². The Kier molecular flexibility index (Phi) is 1.46. The number of ketones is 1. The number of cyclic esters (lactones) is 1. The normalized spacial score (nSPS) is 32.0. The van der Waals surface area contributed by atoms with Gasteiger partial charge in [0.25, 0.3) is 5.67 Å². The smallest absolute Gasteiger partial charge is 0.351 e. The van der Waals surface area contributed by atoms with Crippen molar-refractivity contribution in [2.24, 2.45) is 0 Å². The van der Waals surface area contributed by atoms with E-state index in [2.05, 4.69) is 4.74 Å². The van der Waals surface area contributed by atoms with Crippen LogP contribution in [0.5, 0.6) is 0 Å². The number of rotatable bonds is 1. The van der Waals surface area contributed by atoms with Crippen LogP contribution >= 0.6 is 0 Å². The van der Waals surface area contributed by atoms with Crippen molar-refractivity contribution in [3.63, 3.8) is 0 Å². The molecular formula is C6H7FO3. The highest BCUT2D eigenvalue weighted by Gasteiger charge is 2.49. The molecule has 10 heavy (non-hydrogen) atoms. The molecule has 0 aromatic carbocycles. The van der Waals surface area contributed by atoms with Crippen LogP contribution < -0.4 is 0 Å². The molecule has 1 fully saturated rings. The first-order valence-electron chi connectivity index (χ1n) is 2.94. The fourth-order valence-corrected chi connectivity index (χ4v) is 0.821. The fraction of sp³-hybridized carbons (Fsp3) is 0.667. The van der Waals surface area contributed by atoms with Crippen molar-refractivity contribution in [1.29, 1.82) is 0 Å². The van der Waals surface area contributed by atoms with Gasteiger partial charge in [-0.1, -0.05) is 0 Å². The van der Waals surface area contributed by atoms with Crippen molar-refractivity contribution >= 4 is 11.8 Å². The highest BCUT2D eigenvalue weighted by Crippen LogP contribution is 2.25. The number of esters is 1. The predicted molar refractivity (Wildman–Crippen MR) is 30.1 cm³/mol. The molecule has 1 rings (SSSR count). The summed E-state index contributed by atoms with van der Waals surface area (Å²) in [5, 5.41) is 0. The Bertz CT molecular complexity index is 189. The van der Waals surface area contributed by atoms with Crippen LogP contribution in [0.15, 0.2) is 0 Å². The maximum absolute atomic E-state index is 13.0. The van der Waals surface area contributed by atoms with E-state index in [4.69, 9.17) is 0 Å². The van der Waals surface area contributed by atoms with Gasteiger partial charge in [0.15, 0.2) is 5.78 Å². The summed E-state index contributed by atoms with van der Waals surface area (Å²) in [7, 11) is 0. The van der Waals surface area contributed by atoms with Crippen molar-refractivity contribution in [3.8, 4) is 0 Å². The Labute approximate surface area is 57.2 Å². The summed E-state index contributed by atoms with van der Waals surface area (Å²) in [5.74, 6) is -1.81. The summed E-state index contributed by atoms with van der Waals surface area (Å²) in [6, 6.07) is 0. The lowest BCUT2D eigenvalue weighted by atomic mass is 10.0. The third-order valence-electron chi connectivity index (χ3n) is 1.56. The van der Waals surface area contributed by atoms with Gasteiger partial charge < -0.3 is 4.74 Å². The summed E-state index contributed by atoms with van der Waals surface area (Å²) in [5.41, 5.74) is -2.35. The van der Waals surface area contributed by atoms with Crippen molar-refractivity contribution in [2.45, 2.75) is 19.0 Å². The number of carbonyl (C=O) groups is 2. The van der Waals surface area contributed by atoms with Crippen LogP contribution in [0.2, 0.25) is 0 Å². The summed E-state index contributed by atoms with van der Waals surface area (Å²) < 4.78 is 17.3. The standard InChI is InChI=1S/C6H7FO3/c1-4(8)6(7)2-3-10-5(6)9/h2-3H2,1H3/t6-/m0/s1. The van der Waals surface area contributed by atoms with Crippen LogP contribution in [-0.2, 0) is 14.3 Å². The molecule has 0 aromatic rings. The zero-order valence-electron chi connectivity index (χ0n) is 5.52. The minimum atomic E-state index is -2.35. The first-order chi connectivity index (χ1) is 4.57. The van der Waals surface area contributed by atoms with Gasteiger partial charge in [0.05, 0.1) is 6.61 Å². The van der Waals surface area contributed by atoms with Crippen LogP contribution in [0.4, 0.5) is 4.39 Å². The summed E-state index contributed by atoms with van der Waals surface area (Å²) in [6.45, 7) is 1.06. The van der Waals surface area contributed by atoms with Crippen molar-refractivity contribution < 1.29 is 18.7 Å². The summed E-state index contributed by atoms with van der Waals surface area (Å²) in [4.78, 5) is 21.0. The molecule has 1 aliphatic heterocycles. The Hall–Kier alpha value is -0.930. The molecule has 4 heteroatoms. The van der Waals surface area contributed by atoms with Gasteiger partial charge in [-0.2, -0.15) is 0 Å². The van der Waals surface area contributed by atoms with E-state index in [0.29, 0.717) is 0 Å². The number of alkyl halides is 1. The van der Waals surface area contributed by atoms with Gasteiger partial charge in [-0.05, 0) is 6.92 Å². The van der Waals surface area contributed by atoms with Gasteiger partial charge in [0.2, 0.25) is 0 Å². The quantitative estimate of drug-likeness (QED) is 0.393. The maximum Gasteiger partial charge on any atom is 0.351 e. The SMILES string of the molecule is CC(=O)[C@@]1(F)CCOC1=O. The molecule has 0 unspecified atom stereocenters. The zero-order valence-corrected chi connectivity index (χ0v) is 5.52. The molecule has 0 bridgehead atoms. The number of hydrogen-bond acceptors (Lipinski definition) is 3. The lowest BCUT2D eigenvalue weighted by Crippen LogP contribution is -2.36. The highest BCUT2D eigenvalue weighted by molar-refractivity contribution is 6.06. The number of Topliss-reactive ketones (excluding diaryl/α,β-unsaturated/α-hetero) is 1. The van der Waals surface area contributed by atoms with Crippen molar-refractivity contribution in [3.05, 3.63) is 0 Å². The van der Waals surface area contributed by atoms with Gasteiger partial charge in [-0.25, -0.2) is 9.18 Å². The molecule has 1 heterocycles. The van der Waals surface area contributed by atoms with Gasteiger partial charge in [-0.3, -0.25) is 4.79 Å². The Morgan fingerprint density at radius 1 is 1.80 bits per heavy atom. The molecule has 0 saturated carbocycles. The molecular weight excluding hydrogens is 139 g/mol. The number of ether oxygens (including phenoxy) is 1. The summed E-state index contributed by atoms with van der Waals surface area (Å²) >= 11 is 0. The van der Waals surface area contributed by atoms with Gasteiger partial charge in [0.1, 0.15) is 0 Å². The van der Waals surface area contributed by atoms with Crippen LogP contribution in [0.1, 0.15) is 13.3 Å². The molecule has 1 aliphatic rings. The lowest BCUT2D eigenvalue weighted by Gasteiger charge is -2.07. The largest absolute Gasteiger partial charge is 0.463 e. The van der Waals surface area contributed by atoms with Crippen LogP contribution in [0, 0.1) is 0 Å². The minimum Gasteiger partial charge on any atom is -0.463 e. The molecule has 56 valence electrons. The average molecular weight is 146 g/mol. The first-order valence-corrected chi connectivity index (χ1v) is 2.94. The van der Waals surface area contributed by atoms with Crippen LogP contribution in [0.25, 0.3) is 0 Å². The predicted octanol–water partition coefficient (Wildman–Crippen LogP) is 0.231. The zero-order chi connectivity index (χ0) is 7.78. The van der Waals surface area contributed by atoms with Crippen molar-refractivity contribution in [2.75, 3.05) is 6.61 Å². The fourth-order valence-electron chi connectivity index (χ4n) is 0.821. The lowest BCUT2D eigenvalue weighted by molar-refractivity contribution is -0.152. The van der Waals surface area contributed by atoms with Gasteiger partial charge >= 0.3 is 5.97 Å². The van der Waals surface area contributed by atoms with Crippen LogP contribution in [-0.4, -0.2) is 24.0 Å². The Morgan fingerprint density at radius 2 is 2.40 bits per heavy atom. The molecule has 0 radical (unpaired) electrons. The molecule has 1 saturated heterocycles. The number of hydrogen-bond donors (Lipinski definition) is 0. The van der Waals surface area contributed by atoms with E-state index in [1.807, 2.05) is 0 Å². The average Bonchev–Trinajstić information content (AvgIpc) is 2.15. The molecule has 1 atom stereocenters. The molecule has 0 aliphatic carbocycles. The Morgan fingerprint density at radius 3 is 2.60 bits per heavy atom. The molecule has 0 amide bonds. The molecule has 0 spiro atoms. The first kappa shape index (κ1) is 7.18. The second kappa shape index (κ2) is 2.04. The second-order valence-corrected chi connectivity index (χ2v) is 2.24. The molecule has 3 nitrogen and oxygen atoms in total. The molecule has 0 N–H and O–H groups in total. The third-order valence-corrected chi connectivity index (χ3v) is 1.56. The minimum absolute atomic E-state index is 0.00884.